The van der Waals surface area contributed by atoms with Crippen molar-refractivity contribution in [3.8, 4) is 5.75 Å². The summed E-state index contributed by atoms with van der Waals surface area (Å²) in [6, 6.07) is 4.25. The molecule has 10 heteroatoms. The van der Waals surface area contributed by atoms with Crippen LogP contribution in [-0.4, -0.2) is 69.3 Å². The highest BCUT2D eigenvalue weighted by Gasteiger charge is 2.50. The zero-order valence-electron chi connectivity index (χ0n) is 16.3. The molecule has 0 unspecified atom stereocenters. The monoisotopic (exact) mass is 417 g/mol. The molecule has 2 rings (SSSR count). The van der Waals surface area contributed by atoms with Gasteiger partial charge in [0.05, 0.1) is 43.5 Å². The maximum absolute atomic E-state index is 12.8. The van der Waals surface area contributed by atoms with E-state index in [4.69, 9.17) is 14.2 Å². The summed E-state index contributed by atoms with van der Waals surface area (Å²) in [6.07, 6.45) is -1.86. The number of carbonyl (C=O) groups is 1. The van der Waals surface area contributed by atoms with Crippen LogP contribution in [0.15, 0.2) is 29.2 Å². The fourth-order valence-electron chi connectivity index (χ4n) is 3.36. The van der Waals surface area contributed by atoms with Gasteiger partial charge in [0.2, 0.25) is 10.0 Å². The van der Waals surface area contributed by atoms with Crippen molar-refractivity contribution in [3.05, 3.63) is 24.3 Å². The quantitative estimate of drug-likeness (QED) is 0.506. The lowest BCUT2D eigenvalue weighted by Gasteiger charge is -2.29. The first-order valence-electron chi connectivity index (χ1n) is 8.75. The van der Waals surface area contributed by atoms with Gasteiger partial charge in [-0.15, -0.1) is 0 Å². The number of esters is 1. The van der Waals surface area contributed by atoms with Crippen LogP contribution in [0.5, 0.6) is 5.75 Å². The summed E-state index contributed by atoms with van der Waals surface area (Å²) in [5.41, 5.74) is -0.719. The van der Waals surface area contributed by atoms with Crippen molar-refractivity contribution in [1.82, 2.24) is 4.72 Å². The summed E-state index contributed by atoms with van der Waals surface area (Å²) in [5, 5.41) is 19.5. The highest BCUT2D eigenvalue weighted by Crippen LogP contribution is 2.38. The number of rotatable bonds is 8. The van der Waals surface area contributed by atoms with Crippen LogP contribution in [0.4, 0.5) is 0 Å². The van der Waals surface area contributed by atoms with Crippen molar-refractivity contribution in [2.45, 2.75) is 49.0 Å². The standard InChI is InChI=1S/C18H27NO8S/c1-18(2)9-13(14(21)10-20)16(27-18)15(17(22)26-4)19-28(23,24)12-7-5-11(25-3)6-8-12/h5-8,13-16,19-21H,9-10H2,1-4H3/t13-,14+,15+,16+/m0/s1. The second kappa shape index (κ2) is 8.75. The van der Waals surface area contributed by atoms with Gasteiger partial charge in [-0.2, -0.15) is 4.72 Å². The number of sulfonamides is 1. The highest BCUT2D eigenvalue weighted by molar-refractivity contribution is 7.89. The SMILES string of the molecule is COC(=O)[C@H](NS(=O)(=O)c1ccc(OC)cc1)[C@@H]1OC(C)(C)C[C@H]1[C@H](O)CO. The van der Waals surface area contributed by atoms with Gasteiger partial charge in [0.1, 0.15) is 11.8 Å². The molecule has 1 aromatic rings. The Morgan fingerprint density at radius 1 is 1.32 bits per heavy atom. The van der Waals surface area contributed by atoms with E-state index in [9.17, 15) is 23.4 Å². The van der Waals surface area contributed by atoms with Crippen molar-refractivity contribution in [2.75, 3.05) is 20.8 Å². The number of nitrogens with one attached hydrogen (secondary N) is 1. The van der Waals surface area contributed by atoms with Gasteiger partial charge in [-0.05, 0) is 44.5 Å². The van der Waals surface area contributed by atoms with Crippen molar-refractivity contribution in [1.29, 1.82) is 0 Å². The summed E-state index contributed by atoms with van der Waals surface area (Å²) in [4.78, 5) is 12.3. The van der Waals surface area contributed by atoms with E-state index >= 15 is 0 Å². The molecule has 0 spiro atoms. The molecule has 0 radical (unpaired) electrons. The van der Waals surface area contributed by atoms with E-state index in [0.29, 0.717) is 12.2 Å². The largest absolute Gasteiger partial charge is 0.497 e. The zero-order chi connectivity index (χ0) is 21.1. The lowest BCUT2D eigenvalue weighted by atomic mass is 9.87. The van der Waals surface area contributed by atoms with Crippen LogP contribution in [0.2, 0.25) is 0 Å². The Balaban J connectivity index is 2.36. The van der Waals surface area contributed by atoms with Gasteiger partial charge < -0.3 is 24.4 Å². The molecule has 0 saturated carbocycles. The molecule has 0 aromatic heterocycles. The summed E-state index contributed by atoms with van der Waals surface area (Å²) in [7, 11) is -1.51. The number of methoxy groups -OCH3 is 2. The molecule has 1 fully saturated rings. The van der Waals surface area contributed by atoms with E-state index in [-0.39, 0.29) is 4.90 Å². The maximum atomic E-state index is 12.8. The number of ether oxygens (including phenoxy) is 3. The molecule has 0 aliphatic carbocycles. The van der Waals surface area contributed by atoms with Gasteiger partial charge in [0.25, 0.3) is 0 Å². The minimum Gasteiger partial charge on any atom is -0.497 e. The first kappa shape index (κ1) is 22.6. The molecule has 3 N–H and O–H groups in total. The summed E-state index contributed by atoms with van der Waals surface area (Å²) in [5.74, 6) is -1.03. The van der Waals surface area contributed by atoms with Crippen LogP contribution in [-0.2, 0) is 24.3 Å². The Labute approximate surface area is 164 Å². The van der Waals surface area contributed by atoms with E-state index in [1.807, 2.05) is 0 Å². The number of carbonyl (C=O) groups excluding carboxylic acids is 1. The average molecular weight is 417 g/mol. The van der Waals surface area contributed by atoms with Gasteiger partial charge in [0.15, 0.2) is 0 Å². The third-order valence-corrected chi connectivity index (χ3v) is 6.18. The minimum absolute atomic E-state index is 0.0706. The fraction of sp³-hybridized carbons (Fsp3) is 0.611. The van der Waals surface area contributed by atoms with Gasteiger partial charge >= 0.3 is 5.97 Å². The van der Waals surface area contributed by atoms with Crippen LogP contribution in [0, 0.1) is 5.92 Å². The number of aliphatic hydroxyl groups excluding tert-OH is 2. The van der Waals surface area contributed by atoms with Crippen molar-refractivity contribution >= 4 is 16.0 Å². The summed E-state index contributed by atoms with van der Waals surface area (Å²) in [6.45, 7) is 2.98. The van der Waals surface area contributed by atoms with Gasteiger partial charge in [-0.1, -0.05) is 0 Å². The molecule has 1 heterocycles. The molecule has 0 bridgehead atoms. The molecule has 1 aromatic carbocycles. The Morgan fingerprint density at radius 2 is 1.93 bits per heavy atom. The lowest BCUT2D eigenvalue weighted by Crippen LogP contribution is -2.53. The Hall–Kier alpha value is -1.72. The summed E-state index contributed by atoms with van der Waals surface area (Å²) >= 11 is 0. The maximum Gasteiger partial charge on any atom is 0.326 e. The van der Waals surface area contributed by atoms with Crippen molar-refractivity contribution < 1.29 is 37.6 Å². The third-order valence-electron chi connectivity index (χ3n) is 4.72. The highest BCUT2D eigenvalue weighted by atomic mass is 32.2. The Bertz CT molecular complexity index is 777. The molecule has 1 aliphatic rings. The molecular weight excluding hydrogens is 390 g/mol. The van der Waals surface area contributed by atoms with Crippen LogP contribution in [0.1, 0.15) is 20.3 Å². The predicted molar refractivity (Wildman–Crippen MR) is 99.3 cm³/mol. The van der Waals surface area contributed by atoms with E-state index in [2.05, 4.69) is 4.72 Å². The zero-order valence-corrected chi connectivity index (χ0v) is 17.1. The van der Waals surface area contributed by atoms with E-state index < -0.39 is 52.4 Å². The topological polar surface area (TPSA) is 131 Å². The number of hydrogen-bond donors (Lipinski definition) is 3. The molecule has 28 heavy (non-hydrogen) atoms. The van der Waals surface area contributed by atoms with E-state index in [1.165, 1.54) is 31.4 Å². The smallest absolute Gasteiger partial charge is 0.326 e. The average Bonchev–Trinajstić information content (AvgIpc) is 3.00. The van der Waals surface area contributed by atoms with E-state index in [0.717, 1.165) is 7.11 Å². The number of aliphatic hydroxyl groups is 2. The molecule has 4 atom stereocenters. The fourth-order valence-corrected chi connectivity index (χ4v) is 4.55. The first-order valence-corrected chi connectivity index (χ1v) is 10.2. The van der Waals surface area contributed by atoms with Crippen LogP contribution in [0.3, 0.4) is 0 Å². The van der Waals surface area contributed by atoms with E-state index in [1.54, 1.807) is 13.8 Å². The molecule has 1 aliphatic heterocycles. The first-order chi connectivity index (χ1) is 13.0. The van der Waals surface area contributed by atoms with Gasteiger partial charge in [-0.3, -0.25) is 4.79 Å². The van der Waals surface area contributed by atoms with Gasteiger partial charge in [-0.25, -0.2) is 8.42 Å². The predicted octanol–water partition coefficient (Wildman–Crippen LogP) is 0.0520. The van der Waals surface area contributed by atoms with Crippen LogP contribution < -0.4 is 9.46 Å². The second-order valence-electron chi connectivity index (χ2n) is 7.26. The Morgan fingerprint density at radius 3 is 2.43 bits per heavy atom. The second-order valence-corrected chi connectivity index (χ2v) is 8.97. The van der Waals surface area contributed by atoms with Crippen molar-refractivity contribution in [2.24, 2.45) is 5.92 Å². The minimum atomic E-state index is -4.10. The number of hydrogen-bond acceptors (Lipinski definition) is 8. The summed E-state index contributed by atoms with van der Waals surface area (Å²) < 4.78 is 43.6. The molecule has 158 valence electrons. The molecule has 1 saturated heterocycles. The van der Waals surface area contributed by atoms with Gasteiger partial charge in [0, 0.05) is 5.92 Å². The van der Waals surface area contributed by atoms with Crippen LogP contribution >= 0.6 is 0 Å². The lowest BCUT2D eigenvalue weighted by molar-refractivity contribution is -0.149. The van der Waals surface area contributed by atoms with Crippen LogP contribution in [0.25, 0.3) is 0 Å². The molecule has 0 amide bonds. The third kappa shape index (κ3) is 5.00. The normalized spacial score (nSPS) is 23.8. The number of benzene rings is 1. The molecular formula is C18H27NO8S. The van der Waals surface area contributed by atoms with Crippen molar-refractivity contribution in [3.63, 3.8) is 0 Å². The molecule has 9 nitrogen and oxygen atoms in total. The Kier molecular flexibility index (Phi) is 7.05.